The normalized spacial score (nSPS) is 14.7. The summed E-state index contributed by atoms with van der Waals surface area (Å²) in [5, 5.41) is 3.68. The number of pyridine rings is 2. The van der Waals surface area contributed by atoms with Crippen LogP contribution in [-0.4, -0.2) is 35.6 Å². The molecule has 0 bridgehead atoms. The first-order chi connectivity index (χ1) is 17.9. The number of halogens is 3. The third-order valence-electron chi connectivity index (χ3n) is 6.62. The summed E-state index contributed by atoms with van der Waals surface area (Å²) in [6, 6.07) is 12.5. The van der Waals surface area contributed by atoms with Crippen molar-refractivity contribution < 1.29 is 13.9 Å². The Kier molecular flexibility index (Phi) is 7.17. The Hall–Kier alpha value is -3.42. The van der Waals surface area contributed by atoms with Gasteiger partial charge in [0.15, 0.2) is 5.82 Å². The van der Waals surface area contributed by atoms with E-state index in [4.69, 9.17) is 27.9 Å². The molecule has 37 heavy (non-hydrogen) atoms. The van der Waals surface area contributed by atoms with Gasteiger partial charge in [0.2, 0.25) is 0 Å². The van der Waals surface area contributed by atoms with Crippen LogP contribution in [0.4, 0.5) is 10.1 Å². The quantitative estimate of drug-likeness (QED) is 0.291. The van der Waals surface area contributed by atoms with Crippen LogP contribution < -0.4 is 15.0 Å². The average Bonchev–Trinajstić information content (AvgIpc) is 2.91. The lowest BCUT2D eigenvalue weighted by Gasteiger charge is -2.28. The van der Waals surface area contributed by atoms with Gasteiger partial charge in [0, 0.05) is 42.4 Å². The maximum absolute atomic E-state index is 15.2. The van der Waals surface area contributed by atoms with E-state index in [0.717, 1.165) is 17.5 Å². The van der Waals surface area contributed by atoms with Gasteiger partial charge in [-0.05, 0) is 26.0 Å². The first-order valence-electron chi connectivity index (χ1n) is 12.1. The molecule has 2 aromatic carbocycles. The van der Waals surface area contributed by atoms with E-state index in [2.05, 4.69) is 15.3 Å². The molecule has 0 fully saturated rings. The summed E-state index contributed by atoms with van der Waals surface area (Å²) in [7, 11) is 0. The minimum Gasteiger partial charge on any atom is -0.493 e. The van der Waals surface area contributed by atoms with E-state index in [0.29, 0.717) is 59.0 Å². The lowest BCUT2D eigenvalue weighted by atomic mass is 9.99. The Bertz CT molecular complexity index is 1490. The van der Waals surface area contributed by atoms with E-state index in [1.807, 2.05) is 43.0 Å². The molecule has 1 amide bonds. The second kappa shape index (κ2) is 10.5. The van der Waals surface area contributed by atoms with Gasteiger partial charge in [0.05, 0.1) is 40.1 Å². The monoisotopic (exact) mass is 538 g/mol. The van der Waals surface area contributed by atoms with Gasteiger partial charge in [-0.15, -0.1) is 0 Å². The van der Waals surface area contributed by atoms with Gasteiger partial charge in [-0.1, -0.05) is 53.5 Å². The fourth-order valence-electron chi connectivity index (χ4n) is 4.80. The molecule has 0 spiro atoms. The maximum atomic E-state index is 15.2. The minimum absolute atomic E-state index is 0.191. The number of anilines is 1. The molecule has 2 aromatic heterocycles. The summed E-state index contributed by atoms with van der Waals surface area (Å²) in [6.07, 6.45) is 3.27. The summed E-state index contributed by atoms with van der Waals surface area (Å²) in [5.74, 6) is -0.100. The highest BCUT2D eigenvalue weighted by Gasteiger charge is 2.28. The number of ether oxygens (including phenoxy) is 1. The molecule has 1 aliphatic rings. The maximum Gasteiger partial charge on any atom is 0.255 e. The van der Waals surface area contributed by atoms with Gasteiger partial charge in [-0.3, -0.25) is 9.78 Å². The molecule has 1 aliphatic heterocycles. The summed E-state index contributed by atoms with van der Waals surface area (Å²) >= 11 is 12.7. The summed E-state index contributed by atoms with van der Waals surface area (Å²) in [6.45, 7) is 5.71. The van der Waals surface area contributed by atoms with Crippen molar-refractivity contribution in [3.63, 3.8) is 0 Å². The molecule has 1 atom stereocenters. The highest BCUT2D eigenvalue weighted by atomic mass is 35.5. The first-order valence-corrected chi connectivity index (χ1v) is 12.9. The molecule has 190 valence electrons. The molecule has 0 radical (unpaired) electrons. The predicted molar refractivity (Wildman–Crippen MR) is 145 cm³/mol. The van der Waals surface area contributed by atoms with Gasteiger partial charge in [0.1, 0.15) is 16.8 Å². The van der Waals surface area contributed by atoms with Crippen molar-refractivity contribution in [3.05, 3.63) is 81.8 Å². The van der Waals surface area contributed by atoms with Crippen LogP contribution in [0.15, 0.2) is 54.9 Å². The van der Waals surface area contributed by atoms with Crippen molar-refractivity contribution in [1.82, 2.24) is 15.3 Å². The van der Waals surface area contributed by atoms with Crippen molar-refractivity contribution >= 4 is 45.8 Å². The van der Waals surface area contributed by atoms with Crippen LogP contribution in [0.1, 0.15) is 42.2 Å². The van der Waals surface area contributed by atoms with E-state index < -0.39 is 5.82 Å². The molecule has 3 heterocycles. The Morgan fingerprint density at radius 1 is 1.08 bits per heavy atom. The van der Waals surface area contributed by atoms with E-state index >= 15 is 4.39 Å². The van der Waals surface area contributed by atoms with Crippen LogP contribution >= 0.6 is 23.2 Å². The third kappa shape index (κ3) is 4.58. The second-order valence-corrected chi connectivity index (χ2v) is 9.46. The summed E-state index contributed by atoms with van der Waals surface area (Å²) in [5.41, 5.74) is 3.20. The number of fused-ring (bicyclic) bond motifs is 2. The zero-order chi connectivity index (χ0) is 26.1. The van der Waals surface area contributed by atoms with E-state index in [1.54, 1.807) is 18.2 Å². The van der Waals surface area contributed by atoms with Crippen LogP contribution in [0, 0.1) is 5.82 Å². The predicted octanol–water partition coefficient (Wildman–Crippen LogP) is 6.84. The number of nitrogens with one attached hydrogen (secondary N) is 1. The molecule has 5 rings (SSSR count). The van der Waals surface area contributed by atoms with Gasteiger partial charge in [-0.25, -0.2) is 9.37 Å². The van der Waals surface area contributed by atoms with Crippen molar-refractivity contribution in [2.24, 2.45) is 0 Å². The van der Waals surface area contributed by atoms with E-state index in [9.17, 15) is 4.79 Å². The SMILES string of the molecule is CCN(CC)c1c(C(=O)N[C@H]2CCOc3ccccc32)cnc2c(-c3cccc(Cl)c3Cl)c(F)cnc12. The molecular weight excluding hydrogens is 514 g/mol. The number of amides is 1. The Labute approximate surface area is 224 Å². The number of hydrogen-bond acceptors (Lipinski definition) is 5. The Morgan fingerprint density at radius 3 is 2.62 bits per heavy atom. The molecule has 4 aromatic rings. The largest absolute Gasteiger partial charge is 0.493 e. The van der Waals surface area contributed by atoms with Crippen LogP contribution in [-0.2, 0) is 0 Å². The van der Waals surface area contributed by atoms with Gasteiger partial charge < -0.3 is 15.0 Å². The molecule has 9 heteroatoms. The number of benzene rings is 2. The fourth-order valence-corrected chi connectivity index (χ4v) is 5.20. The second-order valence-electron chi connectivity index (χ2n) is 8.67. The lowest BCUT2D eigenvalue weighted by Crippen LogP contribution is -2.34. The zero-order valence-corrected chi connectivity index (χ0v) is 21.9. The third-order valence-corrected chi connectivity index (χ3v) is 7.44. The van der Waals surface area contributed by atoms with Crippen molar-refractivity contribution in [2.45, 2.75) is 26.3 Å². The first kappa shape index (κ1) is 25.2. The molecule has 0 saturated heterocycles. The average molecular weight is 539 g/mol. The molecule has 1 N–H and O–H groups in total. The highest BCUT2D eigenvalue weighted by molar-refractivity contribution is 6.44. The number of para-hydroxylation sites is 1. The number of carbonyl (C=O) groups excluding carboxylic acids is 1. The minimum atomic E-state index is -0.578. The summed E-state index contributed by atoms with van der Waals surface area (Å²) in [4.78, 5) is 24.7. The van der Waals surface area contributed by atoms with Crippen LogP contribution in [0.5, 0.6) is 5.75 Å². The highest BCUT2D eigenvalue weighted by Crippen LogP contribution is 2.40. The van der Waals surface area contributed by atoms with Gasteiger partial charge in [-0.2, -0.15) is 0 Å². The molecule has 6 nitrogen and oxygen atoms in total. The smallest absolute Gasteiger partial charge is 0.255 e. The number of hydrogen-bond donors (Lipinski definition) is 1. The molecule has 0 aliphatic carbocycles. The Morgan fingerprint density at radius 2 is 1.84 bits per heavy atom. The molecule has 0 saturated carbocycles. The number of nitrogens with zero attached hydrogens (tertiary/aromatic N) is 3. The molecule has 0 unspecified atom stereocenters. The number of rotatable bonds is 6. The summed E-state index contributed by atoms with van der Waals surface area (Å²) < 4.78 is 21.0. The standard InChI is InChI=1S/C28H25Cl2FN4O2/c1-3-35(4-2)27-18(28(36)34-21-12-13-37-22-11-6-5-8-16(21)22)14-32-25-23(20(31)15-33-26(25)27)17-9-7-10-19(29)24(17)30/h5-11,14-15,21H,3-4,12-13H2,1-2H3,(H,34,36)/t21-/m0/s1. The van der Waals surface area contributed by atoms with Crippen LogP contribution in [0.25, 0.3) is 22.2 Å². The van der Waals surface area contributed by atoms with Crippen LogP contribution in [0.2, 0.25) is 10.0 Å². The van der Waals surface area contributed by atoms with Crippen LogP contribution in [0.3, 0.4) is 0 Å². The zero-order valence-electron chi connectivity index (χ0n) is 20.4. The van der Waals surface area contributed by atoms with Gasteiger partial charge >= 0.3 is 0 Å². The molecular formula is C28H25Cl2FN4O2. The van der Waals surface area contributed by atoms with Crippen molar-refractivity contribution in [2.75, 3.05) is 24.6 Å². The fraction of sp³-hybridized carbons (Fsp3) is 0.250. The van der Waals surface area contributed by atoms with E-state index in [1.165, 1.54) is 6.20 Å². The lowest BCUT2D eigenvalue weighted by molar-refractivity contribution is 0.0925. The topological polar surface area (TPSA) is 67.4 Å². The van der Waals surface area contributed by atoms with Crippen molar-refractivity contribution in [3.8, 4) is 16.9 Å². The van der Waals surface area contributed by atoms with E-state index in [-0.39, 0.29) is 22.5 Å². The number of aromatic nitrogens is 2. The van der Waals surface area contributed by atoms with Crippen molar-refractivity contribution in [1.29, 1.82) is 0 Å². The number of carbonyl (C=O) groups is 1. The Balaban J connectivity index is 1.66. The van der Waals surface area contributed by atoms with Gasteiger partial charge in [0.25, 0.3) is 5.91 Å².